The predicted octanol–water partition coefficient (Wildman–Crippen LogP) is -0.556. The molecule has 0 aromatic rings. The van der Waals surface area contributed by atoms with Gasteiger partial charge in [-0.05, 0) is 31.1 Å². The Bertz CT molecular complexity index is 867. The molecule has 1 aliphatic carbocycles. The highest BCUT2D eigenvalue weighted by atomic mass is 32.2. The fourth-order valence-electron chi connectivity index (χ4n) is 4.66. The second kappa shape index (κ2) is 11.9. The Hall–Kier alpha value is -2.54. The standard InChI is InChI=1S/C22H37N5O7S/c1-21(2,3)16(25-20(32)26-22(13-35(33)34)9-5-4-6-10-22)19(31)27-11-7-8-14(27)18(30)24-12-15(28)17(23)29/h14,16H,4-13H2,1-3H3,(H2,23,29)(H,24,30)(H,33,34)(H2,25,26,32)/p-1. The molecule has 1 saturated heterocycles. The fraction of sp³-hybridized carbons (Fsp3) is 0.773. The number of nitrogens with zero attached hydrogens (tertiary/aromatic N) is 1. The van der Waals surface area contributed by atoms with Gasteiger partial charge < -0.3 is 31.1 Å². The van der Waals surface area contributed by atoms with Crippen molar-refractivity contribution < 1.29 is 32.7 Å². The lowest BCUT2D eigenvalue weighted by Crippen LogP contribution is -2.62. The molecule has 3 unspecified atom stereocenters. The topological polar surface area (TPSA) is 191 Å². The maximum atomic E-state index is 13.5. The molecule has 198 valence electrons. The molecule has 1 aliphatic heterocycles. The van der Waals surface area contributed by atoms with Crippen LogP contribution in [0.25, 0.3) is 0 Å². The van der Waals surface area contributed by atoms with Crippen molar-refractivity contribution >= 4 is 40.6 Å². The first kappa shape index (κ1) is 28.7. The lowest BCUT2D eigenvalue weighted by atomic mass is 9.83. The first-order valence-electron chi connectivity index (χ1n) is 11.8. The van der Waals surface area contributed by atoms with Gasteiger partial charge in [0.25, 0.3) is 5.91 Å². The van der Waals surface area contributed by atoms with Crippen LogP contribution >= 0.6 is 0 Å². The van der Waals surface area contributed by atoms with Crippen molar-refractivity contribution in [1.29, 1.82) is 0 Å². The van der Waals surface area contributed by atoms with Crippen molar-refractivity contribution in [2.75, 3.05) is 18.8 Å². The molecule has 1 heterocycles. The molecule has 1 saturated carbocycles. The first-order chi connectivity index (χ1) is 16.3. The zero-order valence-electron chi connectivity index (χ0n) is 20.5. The molecule has 0 radical (unpaired) electrons. The molecule has 0 aromatic carbocycles. The zero-order valence-corrected chi connectivity index (χ0v) is 21.3. The highest BCUT2D eigenvalue weighted by molar-refractivity contribution is 7.79. The molecule has 2 aliphatic rings. The zero-order chi connectivity index (χ0) is 26.4. The van der Waals surface area contributed by atoms with Gasteiger partial charge in [-0.2, -0.15) is 0 Å². The number of hydrogen-bond donors (Lipinski definition) is 4. The van der Waals surface area contributed by atoms with Gasteiger partial charge in [-0.15, -0.1) is 0 Å². The second-order valence-corrected chi connectivity index (χ2v) is 11.3. The number of urea groups is 1. The molecule has 5 N–H and O–H groups in total. The van der Waals surface area contributed by atoms with E-state index in [2.05, 4.69) is 16.0 Å². The number of hydrogen-bond acceptors (Lipinski definition) is 7. The minimum atomic E-state index is -2.34. The minimum Gasteiger partial charge on any atom is -0.772 e. The van der Waals surface area contributed by atoms with Crippen LogP contribution in [-0.2, 0) is 30.3 Å². The van der Waals surface area contributed by atoms with E-state index in [-0.39, 0.29) is 12.3 Å². The van der Waals surface area contributed by atoms with E-state index in [1.54, 1.807) is 20.8 Å². The number of nitrogens with one attached hydrogen (secondary N) is 3. The maximum absolute atomic E-state index is 13.5. The normalized spacial score (nSPS) is 21.5. The van der Waals surface area contributed by atoms with Crippen LogP contribution in [0, 0.1) is 5.41 Å². The first-order valence-corrected chi connectivity index (χ1v) is 13.1. The molecule has 2 fully saturated rings. The van der Waals surface area contributed by atoms with Gasteiger partial charge >= 0.3 is 6.03 Å². The number of carbonyl (C=O) groups is 5. The van der Waals surface area contributed by atoms with E-state index in [0.717, 1.165) is 19.3 Å². The van der Waals surface area contributed by atoms with Crippen LogP contribution in [-0.4, -0.2) is 79.7 Å². The fourth-order valence-corrected chi connectivity index (χ4v) is 5.47. The van der Waals surface area contributed by atoms with Crippen LogP contribution in [0.5, 0.6) is 0 Å². The average Bonchev–Trinajstić information content (AvgIpc) is 3.24. The number of carbonyl (C=O) groups excluding carboxylic acids is 5. The molecule has 0 aromatic heterocycles. The van der Waals surface area contributed by atoms with Crippen LogP contribution in [0.4, 0.5) is 4.79 Å². The summed E-state index contributed by atoms with van der Waals surface area (Å²) in [5, 5.41) is 7.87. The third-order valence-electron chi connectivity index (χ3n) is 6.51. The number of ketones is 1. The molecule has 12 nitrogen and oxygen atoms in total. The van der Waals surface area contributed by atoms with Crippen molar-refractivity contribution in [2.45, 2.75) is 83.3 Å². The highest BCUT2D eigenvalue weighted by Crippen LogP contribution is 2.30. The summed E-state index contributed by atoms with van der Waals surface area (Å²) in [6.45, 7) is 5.05. The van der Waals surface area contributed by atoms with Crippen molar-refractivity contribution in [2.24, 2.45) is 11.1 Å². The Morgan fingerprint density at radius 3 is 2.29 bits per heavy atom. The van der Waals surface area contributed by atoms with E-state index in [1.807, 2.05) is 0 Å². The van der Waals surface area contributed by atoms with Crippen LogP contribution < -0.4 is 21.7 Å². The molecule has 3 atom stereocenters. The summed E-state index contributed by atoms with van der Waals surface area (Å²) in [6, 6.07) is -2.50. The maximum Gasteiger partial charge on any atom is 0.315 e. The summed E-state index contributed by atoms with van der Waals surface area (Å²) in [5.41, 5.74) is 3.30. The van der Waals surface area contributed by atoms with Crippen LogP contribution in [0.1, 0.15) is 65.7 Å². The summed E-state index contributed by atoms with van der Waals surface area (Å²) in [6.07, 6.45) is 4.52. The van der Waals surface area contributed by atoms with Gasteiger partial charge in [0.2, 0.25) is 17.6 Å². The Kier molecular flexibility index (Phi) is 9.78. The van der Waals surface area contributed by atoms with E-state index in [9.17, 15) is 32.7 Å². The van der Waals surface area contributed by atoms with Crippen molar-refractivity contribution in [3.8, 4) is 0 Å². The Morgan fingerprint density at radius 2 is 1.74 bits per heavy atom. The largest absolute Gasteiger partial charge is 0.772 e. The smallest absolute Gasteiger partial charge is 0.315 e. The SMILES string of the molecule is CC(C)(C)C(NC(=O)NC1(CS(=O)[O-])CCCCC1)C(=O)N1CCCC1C(=O)NCC(=O)C(N)=O. The molecule has 13 heteroatoms. The van der Waals surface area contributed by atoms with Gasteiger partial charge in [-0.1, -0.05) is 51.1 Å². The third kappa shape index (κ3) is 7.99. The summed E-state index contributed by atoms with van der Waals surface area (Å²) < 4.78 is 22.9. The van der Waals surface area contributed by atoms with Crippen molar-refractivity contribution in [3.05, 3.63) is 0 Å². The number of Topliss-reactive ketones (excluding diaryl/α,β-unsaturated/α-hetero) is 1. The number of likely N-dealkylation sites (tertiary alicyclic amines) is 1. The quantitative estimate of drug-likeness (QED) is 0.234. The predicted molar refractivity (Wildman–Crippen MR) is 126 cm³/mol. The van der Waals surface area contributed by atoms with Gasteiger partial charge in [0.15, 0.2) is 0 Å². The Balaban J connectivity index is 2.13. The monoisotopic (exact) mass is 514 g/mol. The molecule has 5 amide bonds. The third-order valence-corrected chi connectivity index (χ3v) is 7.30. The summed E-state index contributed by atoms with van der Waals surface area (Å²) >= 11 is -2.34. The lowest BCUT2D eigenvalue weighted by Gasteiger charge is -2.40. The lowest BCUT2D eigenvalue weighted by molar-refractivity contribution is -0.142. The minimum absolute atomic E-state index is 0.201. The highest BCUT2D eigenvalue weighted by Gasteiger charge is 2.43. The Morgan fingerprint density at radius 1 is 1.11 bits per heavy atom. The van der Waals surface area contributed by atoms with Crippen LogP contribution in [0.2, 0.25) is 0 Å². The number of amides is 5. The van der Waals surface area contributed by atoms with Gasteiger partial charge in [0.1, 0.15) is 12.1 Å². The molecule has 0 spiro atoms. The van der Waals surface area contributed by atoms with E-state index in [4.69, 9.17) is 5.73 Å². The number of primary amides is 1. The number of nitrogens with two attached hydrogens (primary N) is 1. The van der Waals surface area contributed by atoms with E-state index in [1.165, 1.54) is 4.90 Å². The number of rotatable bonds is 9. The van der Waals surface area contributed by atoms with E-state index < -0.39 is 70.2 Å². The molecule has 0 bridgehead atoms. The summed E-state index contributed by atoms with van der Waals surface area (Å²) in [7, 11) is 0. The molecular formula is C22H36N5O7S-. The van der Waals surface area contributed by atoms with Gasteiger partial charge in [-0.25, -0.2) is 4.79 Å². The average molecular weight is 515 g/mol. The van der Waals surface area contributed by atoms with Gasteiger partial charge in [0.05, 0.1) is 12.1 Å². The summed E-state index contributed by atoms with van der Waals surface area (Å²) in [5.74, 6) is -3.36. The molecule has 35 heavy (non-hydrogen) atoms. The molecular weight excluding hydrogens is 478 g/mol. The van der Waals surface area contributed by atoms with E-state index in [0.29, 0.717) is 25.7 Å². The van der Waals surface area contributed by atoms with Gasteiger partial charge in [-0.3, -0.25) is 23.4 Å². The van der Waals surface area contributed by atoms with Crippen LogP contribution in [0.15, 0.2) is 0 Å². The molecule has 2 rings (SSSR count). The van der Waals surface area contributed by atoms with Crippen LogP contribution in [0.3, 0.4) is 0 Å². The second-order valence-electron chi connectivity index (χ2n) is 10.4. The summed E-state index contributed by atoms with van der Waals surface area (Å²) in [4.78, 5) is 62.8. The van der Waals surface area contributed by atoms with Crippen molar-refractivity contribution in [1.82, 2.24) is 20.9 Å². The Labute approximate surface area is 207 Å². The van der Waals surface area contributed by atoms with E-state index >= 15 is 0 Å². The van der Waals surface area contributed by atoms with Gasteiger partial charge in [0, 0.05) is 12.3 Å². The van der Waals surface area contributed by atoms with Crippen molar-refractivity contribution in [3.63, 3.8) is 0 Å².